The Bertz CT molecular complexity index is 795. The summed E-state index contributed by atoms with van der Waals surface area (Å²) in [5.41, 5.74) is 2.89. The fourth-order valence-corrected chi connectivity index (χ4v) is 5.10. The molecule has 0 radical (unpaired) electrons. The van der Waals surface area contributed by atoms with Gasteiger partial charge in [0.25, 0.3) is 0 Å². The van der Waals surface area contributed by atoms with Gasteiger partial charge < -0.3 is 4.90 Å². The van der Waals surface area contributed by atoms with Crippen molar-refractivity contribution < 1.29 is 4.79 Å². The summed E-state index contributed by atoms with van der Waals surface area (Å²) >= 11 is 13.1. The number of amides is 1. The summed E-state index contributed by atoms with van der Waals surface area (Å²) in [6, 6.07) is 8.19. The minimum atomic E-state index is -0.00583. The van der Waals surface area contributed by atoms with Gasteiger partial charge in [0, 0.05) is 40.9 Å². The zero-order chi connectivity index (χ0) is 18.8. The molecule has 0 N–H and O–H groups in total. The van der Waals surface area contributed by atoms with Gasteiger partial charge in [-0.25, -0.2) is 0 Å². The predicted molar refractivity (Wildman–Crippen MR) is 110 cm³/mol. The maximum Gasteiger partial charge on any atom is 0.226 e. The first-order chi connectivity index (χ1) is 13.1. The van der Waals surface area contributed by atoms with E-state index in [0.29, 0.717) is 22.5 Å². The van der Waals surface area contributed by atoms with Crippen molar-refractivity contribution in [3.63, 3.8) is 0 Å². The van der Waals surface area contributed by atoms with Gasteiger partial charge in [-0.15, -0.1) is 0 Å². The van der Waals surface area contributed by atoms with E-state index in [0.717, 1.165) is 42.5 Å². The molecule has 1 unspecified atom stereocenters. The number of pyridine rings is 1. The molecule has 27 heavy (non-hydrogen) atoms. The molecule has 1 aromatic heterocycles. The largest absolute Gasteiger partial charge is 0.339 e. The van der Waals surface area contributed by atoms with Crippen molar-refractivity contribution in [2.75, 3.05) is 6.54 Å². The van der Waals surface area contributed by atoms with Crippen LogP contribution >= 0.6 is 23.2 Å². The second kappa shape index (κ2) is 8.20. The van der Waals surface area contributed by atoms with E-state index in [1.165, 1.54) is 19.3 Å². The summed E-state index contributed by atoms with van der Waals surface area (Å²) in [5, 5.41) is 1.27. The highest BCUT2D eigenvalue weighted by Crippen LogP contribution is 2.36. The van der Waals surface area contributed by atoms with Crippen molar-refractivity contribution in [2.45, 2.75) is 51.0 Å². The molecule has 142 valence electrons. The van der Waals surface area contributed by atoms with Crippen LogP contribution in [0.15, 0.2) is 36.7 Å². The number of rotatable bonds is 4. The number of nitrogens with zero attached hydrogens (tertiary/aromatic N) is 2. The lowest BCUT2D eigenvalue weighted by Gasteiger charge is -2.31. The van der Waals surface area contributed by atoms with Crippen molar-refractivity contribution in [2.24, 2.45) is 5.92 Å². The molecule has 1 saturated carbocycles. The molecule has 2 heterocycles. The first-order valence-electron chi connectivity index (χ1n) is 9.82. The Balaban J connectivity index is 1.50. The summed E-state index contributed by atoms with van der Waals surface area (Å²) in [6.07, 6.45) is 11.1. The van der Waals surface area contributed by atoms with Gasteiger partial charge in [0.05, 0.1) is 0 Å². The van der Waals surface area contributed by atoms with Gasteiger partial charge in [-0.1, -0.05) is 42.5 Å². The topological polar surface area (TPSA) is 33.2 Å². The smallest absolute Gasteiger partial charge is 0.226 e. The summed E-state index contributed by atoms with van der Waals surface area (Å²) in [4.78, 5) is 19.1. The van der Waals surface area contributed by atoms with Crippen molar-refractivity contribution in [1.82, 2.24) is 9.88 Å². The lowest BCUT2D eigenvalue weighted by molar-refractivity contribution is -0.133. The van der Waals surface area contributed by atoms with E-state index in [-0.39, 0.29) is 11.8 Å². The number of halogens is 2. The molecule has 1 aliphatic heterocycles. The molecule has 0 bridgehead atoms. The second-order valence-corrected chi connectivity index (χ2v) is 8.48. The number of carbonyl (C=O) groups excluding carboxylic acids is 1. The molecule has 2 aromatic rings. The normalized spacial score (nSPS) is 21.0. The minimum Gasteiger partial charge on any atom is -0.339 e. The van der Waals surface area contributed by atoms with Crippen molar-refractivity contribution in [1.29, 1.82) is 0 Å². The van der Waals surface area contributed by atoms with E-state index in [2.05, 4.69) is 9.88 Å². The highest BCUT2D eigenvalue weighted by Gasteiger charge is 2.36. The average Bonchev–Trinajstić information content (AvgIpc) is 3.06. The van der Waals surface area contributed by atoms with Gasteiger partial charge in [-0.2, -0.15) is 0 Å². The Morgan fingerprint density at radius 2 is 1.63 bits per heavy atom. The Morgan fingerprint density at radius 1 is 0.963 bits per heavy atom. The molecule has 3 nitrogen and oxygen atoms in total. The fourth-order valence-electron chi connectivity index (χ4n) is 4.46. The summed E-state index contributed by atoms with van der Waals surface area (Å²) in [6.45, 7) is 0.874. The summed E-state index contributed by atoms with van der Waals surface area (Å²) < 4.78 is 0. The lowest BCUT2D eigenvalue weighted by atomic mass is 9.93. The maximum absolute atomic E-state index is 13.0. The van der Waals surface area contributed by atoms with Crippen molar-refractivity contribution >= 4 is 29.1 Å². The van der Waals surface area contributed by atoms with Crippen LogP contribution in [0.25, 0.3) is 11.1 Å². The minimum absolute atomic E-state index is 0.00583. The highest BCUT2D eigenvalue weighted by molar-refractivity contribution is 6.36. The number of benzene rings is 1. The standard InChI is InChI=1S/C22H24Cl2N2O/c23-20-13-17(15-6-9-25-10-7-15)14-21(24)19(20)12-16-8-11-26(22(16)27)18-4-2-1-3-5-18/h6-7,9-10,13-14,16,18H,1-5,8,11-12H2. The number of hydrogen-bond donors (Lipinski definition) is 0. The number of carbonyl (C=O) groups is 1. The van der Waals surface area contributed by atoms with Gasteiger partial charge in [-0.05, 0) is 66.6 Å². The van der Waals surface area contributed by atoms with Crippen molar-refractivity contribution in [3.05, 3.63) is 52.3 Å². The van der Waals surface area contributed by atoms with Crippen molar-refractivity contribution in [3.8, 4) is 11.1 Å². The van der Waals surface area contributed by atoms with E-state index in [1.54, 1.807) is 12.4 Å². The van der Waals surface area contributed by atoms with E-state index in [4.69, 9.17) is 23.2 Å². The Labute approximate surface area is 170 Å². The average molecular weight is 403 g/mol. The van der Waals surface area contributed by atoms with Gasteiger partial charge in [0.2, 0.25) is 5.91 Å². The SMILES string of the molecule is O=C1C(Cc2c(Cl)cc(-c3ccncc3)cc2Cl)CCN1C1CCCCC1. The predicted octanol–water partition coefficient (Wildman–Crippen LogP) is 5.78. The van der Waals surface area contributed by atoms with E-state index in [1.807, 2.05) is 24.3 Å². The zero-order valence-electron chi connectivity index (χ0n) is 15.3. The fraction of sp³-hybridized carbons (Fsp3) is 0.455. The molecule has 1 saturated heterocycles. The Kier molecular flexibility index (Phi) is 5.70. The summed E-state index contributed by atoms with van der Waals surface area (Å²) in [5.74, 6) is 0.279. The second-order valence-electron chi connectivity index (χ2n) is 7.67. The quantitative estimate of drug-likeness (QED) is 0.649. The molecule has 2 aliphatic rings. The summed E-state index contributed by atoms with van der Waals surface area (Å²) in [7, 11) is 0. The monoisotopic (exact) mass is 402 g/mol. The third-order valence-electron chi connectivity index (χ3n) is 5.97. The first kappa shape index (κ1) is 18.8. The Hall–Kier alpha value is -1.58. The maximum atomic E-state index is 13.0. The van der Waals surface area contributed by atoms with Gasteiger partial charge in [-0.3, -0.25) is 9.78 Å². The number of likely N-dealkylation sites (tertiary alicyclic amines) is 1. The van der Waals surface area contributed by atoms with Gasteiger partial charge in [0.1, 0.15) is 0 Å². The van der Waals surface area contributed by atoms with E-state index >= 15 is 0 Å². The third-order valence-corrected chi connectivity index (χ3v) is 6.65. The van der Waals surface area contributed by atoms with Gasteiger partial charge >= 0.3 is 0 Å². The van der Waals surface area contributed by atoms with Crippen LogP contribution in [0.3, 0.4) is 0 Å². The lowest BCUT2D eigenvalue weighted by Crippen LogP contribution is -2.39. The molecule has 2 fully saturated rings. The highest BCUT2D eigenvalue weighted by atomic mass is 35.5. The molecule has 1 amide bonds. The number of aromatic nitrogens is 1. The molecule has 1 aromatic carbocycles. The molecular formula is C22H24Cl2N2O. The molecule has 0 spiro atoms. The van der Waals surface area contributed by atoms with E-state index < -0.39 is 0 Å². The van der Waals surface area contributed by atoms with Gasteiger partial charge in [0.15, 0.2) is 0 Å². The van der Waals surface area contributed by atoms with Crippen LogP contribution < -0.4 is 0 Å². The van der Waals surface area contributed by atoms with E-state index in [9.17, 15) is 4.79 Å². The van der Waals surface area contributed by atoms with Crippen LogP contribution in [0.1, 0.15) is 44.1 Å². The van der Waals surface area contributed by atoms with Crippen LogP contribution in [0.2, 0.25) is 10.0 Å². The third kappa shape index (κ3) is 4.00. The molecule has 4 rings (SSSR count). The molecule has 1 aliphatic carbocycles. The van der Waals surface area contributed by atoms with Crippen LogP contribution in [-0.2, 0) is 11.2 Å². The molecular weight excluding hydrogens is 379 g/mol. The van der Waals surface area contributed by atoms with Crippen LogP contribution in [0, 0.1) is 5.92 Å². The van der Waals surface area contributed by atoms with Crippen LogP contribution in [-0.4, -0.2) is 28.4 Å². The van der Waals surface area contributed by atoms with Crippen LogP contribution in [0.4, 0.5) is 0 Å². The molecule has 5 heteroatoms. The number of hydrogen-bond acceptors (Lipinski definition) is 2. The van der Waals surface area contributed by atoms with Crippen LogP contribution in [0.5, 0.6) is 0 Å². The Morgan fingerprint density at radius 3 is 2.30 bits per heavy atom. The zero-order valence-corrected chi connectivity index (χ0v) is 16.8. The molecule has 1 atom stereocenters. The first-order valence-corrected chi connectivity index (χ1v) is 10.6.